The van der Waals surface area contributed by atoms with Gasteiger partial charge in [-0.15, -0.1) is 11.3 Å². The van der Waals surface area contributed by atoms with Crippen LogP contribution in [0.25, 0.3) is 0 Å². The Bertz CT molecular complexity index is 385. The molecule has 0 aliphatic carbocycles. The zero-order valence-corrected chi connectivity index (χ0v) is 11.2. The Balaban J connectivity index is 1.90. The van der Waals surface area contributed by atoms with Gasteiger partial charge in [-0.1, -0.05) is 0 Å². The van der Waals surface area contributed by atoms with Gasteiger partial charge < -0.3 is 10.2 Å². The Morgan fingerprint density at radius 2 is 2.29 bits per heavy atom. The number of piperidine rings is 1. The number of thiazole rings is 1. The summed E-state index contributed by atoms with van der Waals surface area (Å²) in [6, 6.07) is 0. The summed E-state index contributed by atoms with van der Waals surface area (Å²) in [5, 5.41) is 4.34. The average molecular weight is 253 g/mol. The van der Waals surface area contributed by atoms with Crippen LogP contribution >= 0.6 is 11.3 Å². The number of rotatable bonds is 3. The Labute approximate surface area is 106 Å². The Hall–Kier alpha value is -0.940. The summed E-state index contributed by atoms with van der Waals surface area (Å²) in [6.45, 7) is 4.60. The van der Waals surface area contributed by atoms with Crippen molar-refractivity contribution in [2.75, 3.05) is 20.1 Å². The summed E-state index contributed by atoms with van der Waals surface area (Å²) in [6.07, 6.45) is 3.79. The molecule has 0 atom stereocenters. The predicted octanol–water partition coefficient (Wildman–Crippen LogP) is 1.41. The van der Waals surface area contributed by atoms with Crippen molar-refractivity contribution >= 4 is 17.2 Å². The molecule has 1 N–H and O–H groups in total. The SMILES string of the molecule is Cc1ncc(CN(C)C(=O)C2CCNCC2)s1. The number of aromatic nitrogens is 1. The fraction of sp³-hybridized carbons (Fsp3) is 0.667. The second-order valence-electron chi connectivity index (χ2n) is 4.56. The van der Waals surface area contributed by atoms with Crippen molar-refractivity contribution in [1.82, 2.24) is 15.2 Å². The van der Waals surface area contributed by atoms with Crippen LogP contribution in [0, 0.1) is 12.8 Å². The van der Waals surface area contributed by atoms with Gasteiger partial charge in [-0.05, 0) is 32.9 Å². The van der Waals surface area contributed by atoms with E-state index in [0.717, 1.165) is 35.8 Å². The number of aryl methyl sites for hydroxylation is 1. The molecule has 0 spiro atoms. The van der Waals surface area contributed by atoms with E-state index >= 15 is 0 Å². The van der Waals surface area contributed by atoms with Gasteiger partial charge in [-0.25, -0.2) is 4.98 Å². The third kappa shape index (κ3) is 3.26. The number of carbonyl (C=O) groups is 1. The second kappa shape index (κ2) is 5.60. The summed E-state index contributed by atoms with van der Waals surface area (Å²) in [5.41, 5.74) is 0. The summed E-state index contributed by atoms with van der Waals surface area (Å²) >= 11 is 1.66. The van der Waals surface area contributed by atoms with Crippen LogP contribution < -0.4 is 5.32 Å². The van der Waals surface area contributed by atoms with Crippen LogP contribution in [0.4, 0.5) is 0 Å². The molecule has 5 heteroatoms. The third-order valence-corrected chi connectivity index (χ3v) is 4.02. The highest BCUT2D eigenvalue weighted by Gasteiger charge is 2.24. The number of nitrogens with one attached hydrogen (secondary N) is 1. The standard InChI is InChI=1S/C12H19N3OS/c1-9-14-7-11(17-9)8-15(2)12(16)10-3-5-13-6-4-10/h7,10,13H,3-6,8H2,1-2H3. The molecule has 0 bridgehead atoms. The van der Waals surface area contributed by atoms with Gasteiger partial charge in [0, 0.05) is 24.0 Å². The molecule has 1 fully saturated rings. The molecule has 1 aromatic heterocycles. The maximum atomic E-state index is 12.2. The first-order valence-corrected chi connectivity index (χ1v) is 6.85. The molecule has 1 aromatic rings. The lowest BCUT2D eigenvalue weighted by molar-refractivity contribution is -0.135. The molecule has 0 aromatic carbocycles. The minimum absolute atomic E-state index is 0.204. The van der Waals surface area contributed by atoms with Crippen molar-refractivity contribution in [3.8, 4) is 0 Å². The van der Waals surface area contributed by atoms with Gasteiger partial charge >= 0.3 is 0 Å². The molecule has 0 saturated carbocycles. The molecule has 1 aliphatic heterocycles. The smallest absolute Gasteiger partial charge is 0.225 e. The van der Waals surface area contributed by atoms with Crippen LogP contribution in [0.3, 0.4) is 0 Å². The van der Waals surface area contributed by atoms with Crippen LogP contribution in [0.15, 0.2) is 6.20 Å². The maximum Gasteiger partial charge on any atom is 0.225 e. The lowest BCUT2D eigenvalue weighted by atomic mass is 9.97. The van der Waals surface area contributed by atoms with Gasteiger partial charge in [-0.2, -0.15) is 0 Å². The average Bonchev–Trinajstić information content (AvgIpc) is 2.75. The van der Waals surface area contributed by atoms with Crippen molar-refractivity contribution in [2.24, 2.45) is 5.92 Å². The predicted molar refractivity (Wildman–Crippen MR) is 68.9 cm³/mol. The lowest BCUT2D eigenvalue weighted by Gasteiger charge is -2.26. The molecule has 1 aliphatic rings. The molecular formula is C12H19N3OS. The first-order valence-electron chi connectivity index (χ1n) is 6.04. The Morgan fingerprint density at radius 1 is 1.59 bits per heavy atom. The minimum Gasteiger partial charge on any atom is -0.340 e. The van der Waals surface area contributed by atoms with E-state index in [1.54, 1.807) is 11.3 Å². The van der Waals surface area contributed by atoms with E-state index in [2.05, 4.69) is 10.3 Å². The summed E-state index contributed by atoms with van der Waals surface area (Å²) in [5.74, 6) is 0.479. The highest BCUT2D eigenvalue weighted by atomic mass is 32.1. The molecule has 4 nitrogen and oxygen atoms in total. The maximum absolute atomic E-state index is 12.2. The Kier molecular flexibility index (Phi) is 4.12. The highest BCUT2D eigenvalue weighted by Crippen LogP contribution is 2.18. The van der Waals surface area contributed by atoms with Gasteiger partial charge in [-0.3, -0.25) is 4.79 Å². The second-order valence-corrected chi connectivity index (χ2v) is 5.88. The van der Waals surface area contributed by atoms with Crippen molar-refractivity contribution in [3.05, 3.63) is 16.1 Å². The zero-order chi connectivity index (χ0) is 12.3. The van der Waals surface area contributed by atoms with Gasteiger partial charge in [0.1, 0.15) is 0 Å². The number of nitrogens with zero attached hydrogens (tertiary/aromatic N) is 2. The van der Waals surface area contributed by atoms with E-state index in [1.807, 2.05) is 25.1 Å². The number of carbonyl (C=O) groups excluding carboxylic acids is 1. The van der Waals surface area contributed by atoms with Crippen LogP contribution in [0.1, 0.15) is 22.7 Å². The van der Waals surface area contributed by atoms with Gasteiger partial charge in [0.25, 0.3) is 0 Å². The van der Waals surface area contributed by atoms with E-state index in [4.69, 9.17) is 0 Å². The van der Waals surface area contributed by atoms with Crippen LogP contribution in [-0.4, -0.2) is 35.9 Å². The van der Waals surface area contributed by atoms with E-state index in [0.29, 0.717) is 6.54 Å². The monoisotopic (exact) mass is 253 g/mol. The molecule has 1 saturated heterocycles. The van der Waals surface area contributed by atoms with Gasteiger partial charge in [0.15, 0.2) is 0 Å². The first kappa shape index (κ1) is 12.5. The summed E-state index contributed by atoms with van der Waals surface area (Å²) < 4.78 is 0. The molecule has 1 amide bonds. The molecular weight excluding hydrogens is 234 g/mol. The normalized spacial score (nSPS) is 17.1. The van der Waals surface area contributed by atoms with Crippen molar-refractivity contribution < 1.29 is 4.79 Å². The summed E-state index contributed by atoms with van der Waals surface area (Å²) in [4.78, 5) is 19.4. The lowest BCUT2D eigenvalue weighted by Crippen LogP contribution is -2.38. The minimum atomic E-state index is 0.204. The number of amides is 1. The molecule has 94 valence electrons. The van der Waals surface area contributed by atoms with E-state index in [9.17, 15) is 4.79 Å². The molecule has 2 rings (SSSR count). The number of hydrogen-bond donors (Lipinski definition) is 1. The quantitative estimate of drug-likeness (QED) is 0.886. The topological polar surface area (TPSA) is 45.2 Å². The van der Waals surface area contributed by atoms with E-state index < -0.39 is 0 Å². The van der Waals surface area contributed by atoms with Crippen molar-refractivity contribution in [1.29, 1.82) is 0 Å². The van der Waals surface area contributed by atoms with Crippen molar-refractivity contribution in [2.45, 2.75) is 26.3 Å². The van der Waals surface area contributed by atoms with E-state index in [-0.39, 0.29) is 11.8 Å². The van der Waals surface area contributed by atoms with E-state index in [1.165, 1.54) is 0 Å². The largest absolute Gasteiger partial charge is 0.340 e. The zero-order valence-electron chi connectivity index (χ0n) is 10.4. The molecule has 0 radical (unpaired) electrons. The van der Waals surface area contributed by atoms with Gasteiger partial charge in [0.05, 0.1) is 11.6 Å². The first-order chi connectivity index (χ1) is 8.16. The third-order valence-electron chi connectivity index (χ3n) is 3.13. The Morgan fingerprint density at radius 3 is 2.88 bits per heavy atom. The van der Waals surface area contributed by atoms with Crippen molar-refractivity contribution in [3.63, 3.8) is 0 Å². The molecule has 17 heavy (non-hydrogen) atoms. The van der Waals surface area contributed by atoms with Crippen LogP contribution in [0.5, 0.6) is 0 Å². The van der Waals surface area contributed by atoms with Gasteiger partial charge in [0.2, 0.25) is 5.91 Å². The number of hydrogen-bond acceptors (Lipinski definition) is 4. The molecule has 0 unspecified atom stereocenters. The fourth-order valence-corrected chi connectivity index (χ4v) is 3.02. The molecule has 2 heterocycles. The van der Waals surface area contributed by atoms with Crippen LogP contribution in [-0.2, 0) is 11.3 Å². The summed E-state index contributed by atoms with van der Waals surface area (Å²) in [7, 11) is 1.89. The fourth-order valence-electron chi connectivity index (χ4n) is 2.17. The van der Waals surface area contributed by atoms with Crippen LogP contribution in [0.2, 0.25) is 0 Å². The highest BCUT2D eigenvalue weighted by molar-refractivity contribution is 7.11.